The lowest BCUT2D eigenvalue weighted by atomic mass is 9.93. The Morgan fingerprint density at radius 1 is 1.12 bits per heavy atom. The zero-order valence-corrected chi connectivity index (χ0v) is 22.8. The molecular formula is C27H24F5N5O4S. The van der Waals surface area contributed by atoms with Gasteiger partial charge >= 0.3 is 17.8 Å². The minimum absolute atomic E-state index is 0.0522. The van der Waals surface area contributed by atoms with Gasteiger partial charge in [0.1, 0.15) is 6.33 Å². The summed E-state index contributed by atoms with van der Waals surface area (Å²) in [6, 6.07) is 12.5. The van der Waals surface area contributed by atoms with Crippen molar-refractivity contribution in [2.24, 2.45) is 5.73 Å². The van der Waals surface area contributed by atoms with E-state index in [0.29, 0.717) is 13.0 Å². The summed E-state index contributed by atoms with van der Waals surface area (Å²) in [6.45, 7) is 1.63. The number of carbonyl (C=O) groups is 2. The third-order valence-corrected chi connectivity index (χ3v) is 7.51. The highest BCUT2D eigenvalue weighted by molar-refractivity contribution is 7.19. The van der Waals surface area contributed by atoms with Crippen molar-refractivity contribution in [2.75, 3.05) is 11.9 Å². The molecule has 0 spiro atoms. The van der Waals surface area contributed by atoms with E-state index in [4.69, 9.17) is 15.6 Å². The number of thiophene rings is 1. The Morgan fingerprint density at radius 2 is 1.83 bits per heavy atom. The number of nitrogens with one attached hydrogen (secondary N) is 1. The third-order valence-electron chi connectivity index (χ3n) is 6.43. The molecule has 4 N–H and O–H groups in total. The predicted octanol–water partition coefficient (Wildman–Crippen LogP) is 4.91. The molecule has 1 aliphatic rings. The van der Waals surface area contributed by atoms with Crippen LogP contribution >= 0.6 is 11.3 Å². The van der Waals surface area contributed by atoms with Crippen molar-refractivity contribution in [2.45, 2.75) is 39.0 Å². The highest BCUT2D eigenvalue weighted by Crippen LogP contribution is 2.35. The van der Waals surface area contributed by atoms with Gasteiger partial charge in [-0.1, -0.05) is 12.1 Å². The number of nitrogens with zero attached hydrogens (tertiary/aromatic N) is 3. The van der Waals surface area contributed by atoms with Crippen LogP contribution in [0.2, 0.25) is 0 Å². The zero-order valence-electron chi connectivity index (χ0n) is 22.0. The highest BCUT2D eigenvalue weighted by atomic mass is 32.1. The van der Waals surface area contributed by atoms with Gasteiger partial charge in [-0.2, -0.15) is 27.1 Å². The number of aliphatic carboxylic acids is 1. The van der Waals surface area contributed by atoms with Crippen LogP contribution in [0.3, 0.4) is 0 Å². The zero-order chi connectivity index (χ0) is 30.8. The standard InChI is InChI=1S/C25H23F2N5O2S.C2HF3O2/c1-14-6-18(7-17-4-5-22(33)30-23(14)17)15-2-3-16-8-20(35-21(16)9-15)12-31-13-29-32(25(31)34)11-19(10-28)24(26)27;3-2(4,5)1(6)7/h2-3,6-9,13H,4-5,10-12,28H2,1H3,(H,30,33);(H,6,7). The number of carboxylic acid groups (broad SMARTS) is 1. The second-order valence-corrected chi connectivity index (χ2v) is 10.6. The minimum Gasteiger partial charge on any atom is -0.475 e. The summed E-state index contributed by atoms with van der Waals surface area (Å²) in [5, 5.41) is 15.1. The molecule has 2 aromatic heterocycles. The molecule has 0 atom stereocenters. The second-order valence-electron chi connectivity index (χ2n) is 9.41. The number of nitrogens with two attached hydrogens (primary N) is 1. The molecule has 0 bridgehead atoms. The molecule has 0 fully saturated rings. The SMILES string of the molecule is Cc1cc(-c2ccc3cc(Cn4cnn(CC(CN)=C(F)F)c4=O)sc3c2)cc2c1NC(=O)CC2.O=C(O)C(F)(F)F. The number of rotatable bonds is 6. The number of carbonyl (C=O) groups excluding carboxylic acids is 1. The molecule has 3 heterocycles. The second kappa shape index (κ2) is 12.2. The maximum absolute atomic E-state index is 12.9. The normalized spacial score (nSPS) is 12.8. The molecule has 0 saturated carbocycles. The van der Waals surface area contributed by atoms with Gasteiger partial charge in [0.15, 0.2) is 0 Å². The van der Waals surface area contributed by atoms with Crippen LogP contribution in [0.1, 0.15) is 22.4 Å². The van der Waals surface area contributed by atoms with E-state index < -0.39 is 23.9 Å². The summed E-state index contributed by atoms with van der Waals surface area (Å²) in [4.78, 5) is 34.2. The van der Waals surface area contributed by atoms with Crippen molar-refractivity contribution >= 4 is 39.0 Å². The fraction of sp³-hybridized carbons (Fsp3) is 0.259. The number of halogens is 5. The lowest BCUT2D eigenvalue weighted by molar-refractivity contribution is -0.192. The number of fused-ring (bicyclic) bond motifs is 2. The van der Waals surface area contributed by atoms with Crippen molar-refractivity contribution in [3.8, 4) is 11.1 Å². The first-order valence-electron chi connectivity index (χ1n) is 12.4. The predicted molar refractivity (Wildman–Crippen MR) is 147 cm³/mol. The molecule has 1 aliphatic heterocycles. The van der Waals surface area contributed by atoms with Gasteiger partial charge in [0.25, 0.3) is 6.08 Å². The molecule has 0 saturated heterocycles. The molecule has 1 amide bonds. The van der Waals surface area contributed by atoms with Crippen molar-refractivity contribution in [1.29, 1.82) is 0 Å². The van der Waals surface area contributed by atoms with Gasteiger partial charge in [-0.05, 0) is 65.3 Å². The Balaban J connectivity index is 0.000000517. The van der Waals surface area contributed by atoms with E-state index in [-0.39, 0.29) is 24.6 Å². The number of carboxylic acids is 1. The van der Waals surface area contributed by atoms with Crippen LogP contribution in [0.15, 0.2) is 59.2 Å². The first kappa shape index (κ1) is 30.6. The van der Waals surface area contributed by atoms with Crippen LogP contribution < -0.4 is 16.7 Å². The molecule has 0 radical (unpaired) electrons. The molecule has 9 nitrogen and oxygen atoms in total. The van der Waals surface area contributed by atoms with Crippen LogP contribution in [0.5, 0.6) is 0 Å². The van der Waals surface area contributed by atoms with Gasteiger partial charge in [0.05, 0.1) is 13.1 Å². The van der Waals surface area contributed by atoms with Gasteiger partial charge in [-0.3, -0.25) is 9.36 Å². The monoisotopic (exact) mass is 609 g/mol. The van der Waals surface area contributed by atoms with E-state index in [1.54, 1.807) is 11.3 Å². The van der Waals surface area contributed by atoms with Crippen LogP contribution in [0.4, 0.5) is 27.6 Å². The Morgan fingerprint density at radius 3 is 2.48 bits per heavy atom. The van der Waals surface area contributed by atoms with Gasteiger partial charge < -0.3 is 16.2 Å². The summed E-state index contributed by atoms with van der Waals surface area (Å²) in [5.74, 6) is -2.70. The smallest absolute Gasteiger partial charge is 0.475 e. The number of hydrogen-bond acceptors (Lipinski definition) is 6. The maximum Gasteiger partial charge on any atom is 0.490 e. The number of hydrogen-bond donors (Lipinski definition) is 3. The van der Waals surface area contributed by atoms with E-state index in [1.807, 2.05) is 13.0 Å². The quantitative estimate of drug-likeness (QED) is 0.266. The van der Waals surface area contributed by atoms with E-state index in [2.05, 4.69) is 40.7 Å². The van der Waals surface area contributed by atoms with Crippen LogP contribution in [0, 0.1) is 6.92 Å². The van der Waals surface area contributed by atoms with Gasteiger partial charge in [0.2, 0.25) is 5.91 Å². The highest BCUT2D eigenvalue weighted by Gasteiger charge is 2.38. The topological polar surface area (TPSA) is 132 Å². The molecule has 0 aliphatic carbocycles. The first-order chi connectivity index (χ1) is 19.8. The number of aromatic nitrogens is 3. The Labute approximate surface area is 238 Å². The molecule has 15 heteroatoms. The lowest BCUT2D eigenvalue weighted by Crippen LogP contribution is -2.27. The molecular weight excluding hydrogens is 585 g/mol. The molecule has 5 rings (SSSR count). The van der Waals surface area contributed by atoms with Gasteiger partial charge in [0, 0.05) is 33.8 Å². The molecule has 222 valence electrons. The summed E-state index contributed by atoms with van der Waals surface area (Å²) in [6.07, 6.45) is -4.39. The van der Waals surface area contributed by atoms with Crippen molar-refractivity contribution < 1.29 is 36.6 Å². The average molecular weight is 610 g/mol. The Hall–Kier alpha value is -4.37. The van der Waals surface area contributed by atoms with Crippen LogP contribution in [0.25, 0.3) is 21.2 Å². The van der Waals surface area contributed by atoms with Crippen molar-refractivity contribution in [3.05, 3.63) is 80.9 Å². The third kappa shape index (κ3) is 6.91. The van der Waals surface area contributed by atoms with E-state index in [9.17, 15) is 31.5 Å². The molecule has 0 unspecified atom stereocenters. The summed E-state index contributed by atoms with van der Waals surface area (Å²) < 4.78 is 61.0. The Bertz CT molecular complexity index is 1750. The summed E-state index contributed by atoms with van der Waals surface area (Å²) >= 11 is 1.57. The van der Waals surface area contributed by atoms with Crippen LogP contribution in [-0.2, 0) is 29.1 Å². The molecule has 4 aromatic rings. The van der Waals surface area contributed by atoms with Gasteiger partial charge in [-0.25, -0.2) is 14.3 Å². The number of amides is 1. The Kier molecular flexibility index (Phi) is 8.92. The van der Waals surface area contributed by atoms with Crippen LogP contribution in [-0.4, -0.2) is 44.1 Å². The average Bonchev–Trinajstić information content (AvgIpc) is 3.49. The van der Waals surface area contributed by atoms with Crippen molar-refractivity contribution in [3.63, 3.8) is 0 Å². The van der Waals surface area contributed by atoms with E-state index >= 15 is 0 Å². The number of anilines is 1. The minimum atomic E-state index is -5.08. The van der Waals surface area contributed by atoms with Gasteiger partial charge in [-0.15, -0.1) is 11.3 Å². The maximum atomic E-state index is 12.9. The summed E-state index contributed by atoms with van der Waals surface area (Å²) in [5.41, 5.74) is 9.83. The van der Waals surface area contributed by atoms with E-state index in [0.717, 1.165) is 54.0 Å². The fourth-order valence-electron chi connectivity index (χ4n) is 4.34. The molecule has 42 heavy (non-hydrogen) atoms. The van der Waals surface area contributed by atoms with E-state index in [1.165, 1.54) is 10.9 Å². The lowest BCUT2D eigenvalue weighted by Gasteiger charge is -2.20. The van der Waals surface area contributed by atoms with Crippen molar-refractivity contribution in [1.82, 2.24) is 14.3 Å². The fourth-order valence-corrected chi connectivity index (χ4v) is 5.44. The number of benzene rings is 2. The largest absolute Gasteiger partial charge is 0.490 e. The number of alkyl halides is 3. The molecule has 2 aromatic carbocycles. The summed E-state index contributed by atoms with van der Waals surface area (Å²) in [7, 11) is 0. The number of aryl methyl sites for hydroxylation is 2. The first-order valence-corrected chi connectivity index (χ1v) is 13.2.